The number of aliphatic carboxylic acids is 1. The first-order valence-corrected chi connectivity index (χ1v) is 4.58. The van der Waals surface area contributed by atoms with Crippen LogP contribution in [0.25, 0.3) is 0 Å². The highest BCUT2D eigenvalue weighted by Gasteiger charge is 2.18. The average molecular weight is 173 g/mol. The summed E-state index contributed by atoms with van der Waals surface area (Å²) in [6.07, 6.45) is 4.14. The van der Waals surface area contributed by atoms with Crippen LogP contribution in [0.2, 0.25) is 0 Å². The van der Waals surface area contributed by atoms with Gasteiger partial charge in [0.2, 0.25) is 0 Å². The minimum absolute atomic E-state index is 0.186. The summed E-state index contributed by atoms with van der Waals surface area (Å²) in [6.45, 7) is 3.78. The Morgan fingerprint density at radius 1 is 1.50 bits per heavy atom. The maximum absolute atomic E-state index is 10.5. The van der Waals surface area contributed by atoms with Gasteiger partial charge in [-0.15, -0.1) is 0 Å². The smallest absolute Gasteiger partial charge is 0.307 e. The van der Waals surface area contributed by atoms with Crippen LogP contribution in [0.15, 0.2) is 0 Å². The third kappa shape index (κ3) is 4.34. The lowest BCUT2D eigenvalue weighted by atomic mass is 9.97. The third-order valence-corrected chi connectivity index (χ3v) is 2.17. The van der Waals surface area contributed by atoms with Gasteiger partial charge in [-0.25, -0.2) is 0 Å². The van der Waals surface area contributed by atoms with Crippen molar-refractivity contribution in [1.29, 1.82) is 0 Å². The molecule has 0 saturated heterocycles. The maximum Gasteiger partial charge on any atom is 0.307 e. The quantitative estimate of drug-likeness (QED) is 0.600. The fourth-order valence-corrected chi connectivity index (χ4v) is 1.06. The second-order valence-corrected chi connectivity index (χ2v) is 3.29. The number of nitrogens with two attached hydrogens (primary N) is 1. The number of carbonyl (C=O) groups is 1. The Balaban J connectivity index is 3.56. The van der Waals surface area contributed by atoms with Crippen LogP contribution in [0.4, 0.5) is 0 Å². The molecule has 3 N–H and O–H groups in total. The monoisotopic (exact) mass is 173 g/mol. The van der Waals surface area contributed by atoms with Gasteiger partial charge in [0.25, 0.3) is 0 Å². The van der Waals surface area contributed by atoms with Crippen molar-refractivity contribution in [2.45, 2.75) is 45.6 Å². The highest BCUT2D eigenvalue weighted by atomic mass is 16.4. The lowest BCUT2D eigenvalue weighted by Gasteiger charge is -2.15. The van der Waals surface area contributed by atoms with E-state index in [4.69, 9.17) is 10.8 Å². The van der Waals surface area contributed by atoms with Gasteiger partial charge >= 0.3 is 5.97 Å². The number of hydrogen-bond acceptors (Lipinski definition) is 2. The summed E-state index contributed by atoms with van der Waals surface area (Å²) in [6, 6.07) is -0.186. The van der Waals surface area contributed by atoms with Gasteiger partial charge in [0.1, 0.15) is 0 Å². The molecule has 0 aliphatic heterocycles. The highest BCUT2D eigenvalue weighted by Crippen LogP contribution is 2.09. The Labute approximate surface area is 74.0 Å². The van der Waals surface area contributed by atoms with E-state index in [0.717, 1.165) is 25.7 Å². The summed E-state index contributed by atoms with van der Waals surface area (Å²) in [4.78, 5) is 10.5. The normalized spacial score (nSPS) is 15.6. The van der Waals surface area contributed by atoms with Crippen molar-refractivity contribution in [3.8, 4) is 0 Å². The van der Waals surface area contributed by atoms with Crippen LogP contribution >= 0.6 is 0 Å². The van der Waals surface area contributed by atoms with E-state index in [-0.39, 0.29) is 6.04 Å². The summed E-state index contributed by atoms with van der Waals surface area (Å²) in [5.41, 5.74) is 5.68. The molecule has 2 atom stereocenters. The van der Waals surface area contributed by atoms with Gasteiger partial charge in [0.15, 0.2) is 0 Å². The van der Waals surface area contributed by atoms with Gasteiger partial charge < -0.3 is 10.8 Å². The molecule has 2 unspecified atom stereocenters. The predicted octanol–water partition coefficient (Wildman–Crippen LogP) is 1.61. The standard InChI is InChI=1S/C9H19NO2/c1-3-4-5-6-8(10)7(2)9(11)12/h7-8H,3-6,10H2,1-2H3,(H,11,12). The van der Waals surface area contributed by atoms with Crippen LogP contribution in [0.5, 0.6) is 0 Å². The summed E-state index contributed by atoms with van der Waals surface area (Å²) in [5.74, 6) is -1.21. The van der Waals surface area contributed by atoms with Crippen molar-refractivity contribution in [3.05, 3.63) is 0 Å². The fourth-order valence-electron chi connectivity index (χ4n) is 1.06. The number of carboxylic acids is 1. The summed E-state index contributed by atoms with van der Waals surface area (Å²) < 4.78 is 0. The summed E-state index contributed by atoms with van der Waals surface area (Å²) in [7, 11) is 0. The first-order chi connectivity index (χ1) is 5.59. The molecular formula is C9H19NO2. The molecule has 3 heteroatoms. The number of unbranched alkanes of at least 4 members (excludes halogenated alkanes) is 2. The SMILES string of the molecule is CCCCCC(N)C(C)C(=O)O. The predicted molar refractivity (Wildman–Crippen MR) is 48.9 cm³/mol. The Hall–Kier alpha value is -0.570. The van der Waals surface area contributed by atoms with Crippen LogP contribution in [-0.2, 0) is 4.79 Å². The molecule has 0 radical (unpaired) electrons. The zero-order chi connectivity index (χ0) is 9.56. The first kappa shape index (κ1) is 11.4. The molecule has 0 aromatic rings. The average Bonchev–Trinajstić information content (AvgIpc) is 2.03. The van der Waals surface area contributed by atoms with E-state index < -0.39 is 11.9 Å². The minimum Gasteiger partial charge on any atom is -0.481 e. The van der Waals surface area contributed by atoms with Crippen molar-refractivity contribution in [2.75, 3.05) is 0 Å². The minimum atomic E-state index is -0.793. The van der Waals surface area contributed by atoms with Crippen molar-refractivity contribution in [1.82, 2.24) is 0 Å². The molecule has 0 amide bonds. The van der Waals surface area contributed by atoms with E-state index in [1.165, 1.54) is 0 Å². The van der Waals surface area contributed by atoms with Crippen molar-refractivity contribution < 1.29 is 9.90 Å². The van der Waals surface area contributed by atoms with E-state index in [0.29, 0.717) is 0 Å². The molecule has 0 aliphatic carbocycles. The third-order valence-electron chi connectivity index (χ3n) is 2.17. The van der Waals surface area contributed by atoms with Gasteiger partial charge in [0, 0.05) is 6.04 Å². The van der Waals surface area contributed by atoms with E-state index >= 15 is 0 Å². The van der Waals surface area contributed by atoms with Gasteiger partial charge in [-0.3, -0.25) is 4.79 Å². The first-order valence-electron chi connectivity index (χ1n) is 4.58. The molecule has 0 aromatic heterocycles. The van der Waals surface area contributed by atoms with Gasteiger partial charge in [-0.1, -0.05) is 33.1 Å². The summed E-state index contributed by atoms with van der Waals surface area (Å²) in [5, 5.41) is 8.63. The Morgan fingerprint density at radius 3 is 2.50 bits per heavy atom. The van der Waals surface area contributed by atoms with Crippen molar-refractivity contribution in [3.63, 3.8) is 0 Å². The molecule has 0 saturated carbocycles. The van der Waals surface area contributed by atoms with E-state index in [1.807, 2.05) is 0 Å². The van der Waals surface area contributed by atoms with E-state index in [2.05, 4.69) is 6.92 Å². The van der Waals surface area contributed by atoms with Crippen LogP contribution in [0, 0.1) is 5.92 Å². The Kier molecular flexibility index (Phi) is 5.72. The molecule has 0 bridgehead atoms. The molecule has 0 rings (SSSR count). The highest BCUT2D eigenvalue weighted by molar-refractivity contribution is 5.70. The molecular weight excluding hydrogens is 154 g/mol. The van der Waals surface area contributed by atoms with Crippen molar-refractivity contribution >= 4 is 5.97 Å². The van der Waals surface area contributed by atoms with Crippen LogP contribution in [-0.4, -0.2) is 17.1 Å². The largest absolute Gasteiger partial charge is 0.481 e. The van der Waals surface area contributed by atoms with E-state index in [1.54, 1.807) is 6.92 Å². The molecule has 0 aromatic carbocycles. The van der Waals surface area contributed by atoms with Crippen LogP contribution < -0.4 is 5.73 Å². The van der Waals surface area contributed by atoms with Gasteiger partial charge in [-0.2, -0.15) is 0 Å². The molecule has 0 heterocycles. The zero-order valence-corrected chi connectivity index (χ0v) is 7.92. The second-order valence-electron chi connectivity index (χ2n) is 3.29. The second kappa shape index (κ2) is 6.00. The molecule has 72 valence electrons. The zero-order valence-electron chi connectivity index (χ0n) is 7.92. The fraction of sp³-hybridized carbons (Fsp3) is 0.889. The Morgan fingerprint density at radius 2 is 2.08 bits per heavy atom. The topological polar surface area (TPSA) is 63.3 Å². The Bertz CT molecular complexity index is 136. The molecule has 12 heavy (non-hydrogen) atoms. The number of hydrogen-bond donors (Lipinski definition) is 2. The number of rotatable bonds is 6. The molecule has 0 spiro atoms. The van der Waals surface area contributed by atoms with Crippen LogP contribution in [0.1, 0.15) is 39.5 Å². The van der Waals surface area contributed by atoms with Crippen molar-refractivity contribution in [2.24, 2.45) is 11.7 Å². The van der Waals surface area contributed by atoms with Crippen LogP contribution in [0.3, 0.4) is 0 Å². The lowest BCUT2D eigenvalue weighted by Crippen LogP contribution is -2.33. The molecule has 0 aliphatic rings. The molecule has 3 nitrogen and oxygen atoms in total. The van der Waals surface area contributed by atoms with Gasteiger partial charge in [0.05, 0.1) is 5.92 Å². The number of carboxylic acid groups (broad SMARTS) is 1. The maximum atomic E-state index is 10.5. The molecule has 0 fully saturated rings. The van der Waals surface area contributed by atoms with E-state index in [9.17, 15) is 4.79 Å². The summed E-state index contributed by atoms with van der Waals surface area (Å²) >= 11 is 0. The van der Waals surface area contributed by atoms with Gasteiger partial charge in [-0.05, 0) is 6.42 Å². The lowest BCUT2D eigenvalue weighted by molar-refractivity contribution is -0.141.